The molecule has 0 bridgehead atoms. The number of hydrogen-bond acceptors (Lipinski definition) is 5. The van der Waals surface area contributed by atoms with Crippen LogP contribution < -0.4 is 15.6 Å². The van der Waals surface area contributed by atoms with Crippen molar-refractivity contribution in [1.82, 2.24) is 9.55 Å². The van der Waals surface area contributed by atoms with Crippen molar-refractivity contribution in [1.29, 1.82) is 0 Å². The largest absolute Gasteiger partial charge is 0.482 e. The number of carbonyl (C=O) groups is 1. The first-order valence-corrected chi connectivity index (χ1v) is 8.67. The summed E-state index contributed by atoms with van der Waals surface area (Å²) in [6.45, 7) is 1.95. The Kier molecular flexibility index (Phi) is 4.27. The van der Waals surface area contributed by atoms with Gasteiger partial charge in [-0.15, -0.1) is 0 Å². The van der Waals surface area contributed by atoms with E-state index in [4.69, 9.17) is 9.15 Å². The second-order valence-corrected chi connectivity index (χ2v) is 6.60. The van der Waals surface area contributed by atoms with E-state index in [9.17, 15) is 9.59 Å². The molecule has 0 saturated heterocycles. The van der Waals surface area contributed by atoms with Crippen molar-refractivity contribution in [3.05, 3.63) is 64.2 Å². The molecule has 138 valence electrons. The quantitative estimate of drug-likeness (QED) is 0.768. The van der Waals surface area contributed by atoms with Crippen molar-refractivity contribution < 1.29 is 13.9 Å². The number of oxazole rings is 1. The van der Waals surface area contributed by atoms with E-state index in [1.165, 1.54) is 6.26 Å². The van der Waals surface area contributed by atoms with Crippen LogP contribution in [0.5, 0.6) is 5.75 Å². The van der Waals surface area contributed by atoms with Crippen LogP contribution in [-0.4, -0.2) is 15.5 Å². The van der Waals surface area contributed by atoms with Crippen LogP contribution in [0.1, 0.15) is 23.4 Å². The first kappa shape index (κ1) is 17.1. The SMILES string of the molecule is Cc1cc(-c2cc3c(c(OCc4ncco4)c2)NC(=O)CC3)cn(C)c1=O. The van der Waals surface area contributed by atoms with Gasteiger partial charge in [0.05, 0.1) is 11.9 Å². The minimum Gasteiger partial charge on any atom is -0.482 e. The fourth-order valence-corrected chi connectivity index (χ4v) is 3.24. The van der Waals surface area contributed by atoms with Crippen molar-refractivity contribution in [2.75, 3.05) is 5.32 Å². The van der Waals surface area contributed by atoms with Gasteiger partial charge in [-0.1, -0.05) is 0 Å². The average molecular weight is 365 g/mol. The third-order valence-electron chi connectivity index (χ3n) is 4.60. The van der Waals surface area contributed by atoms with Crippen LogP contribution in [0, 0.1) is 6.92 Å². The lowest BCUT2D eigenvalue weighted by Crippen LogP contribution is -2.20. The molecule has 0 aliphatic carbocycles. The lowest BCUT2D eigenvalue weighted by molar-refractivity contribution is -0.116. The second-order valence-electron chi connectivity index (χ2n) is 6.60. The Labute approximate surface area is 155 Å². The van der Waals surface area contributed by atoms with Gasteiger partial charge in [-0.25, -0.2) is 4.98 Å². The summed E-state index contributed by atoms with van der Waals surface area (Å²) in [4.78, 5) is 27.9. The van der Waals surface area contributed by atoms with E-state index in [1.807, 2.05) is 18.2 Å². The van der Waals surface area contributed by atoms with Crippen LogP contribution >= 0.6 is 0 Å². The second kappa shape index (κ2) is 6.75. The molecule has 4 rings (SSSR count). The van der Waals surface area contributed by atoms with Crippen molar-refractivity contribution in [2.45, 2.75) is 26.4 Å². The summed E-state index contributed by atoms with van der Waals surface area (Å²) < 4.78 is 12.7. The van der Waals surface area contributed by atoms with Crippen molar-refractivity contribution in [2.24, 2.45) is 7.05 Å². The summed E-state index contributed by atoms with van der Waals surface area (Å²) in [7, 11) is 1.73. The molecule has 2 aromatic heterocycles. The number of rotatable bonds is 4. The van der Waals surface area contributed by atoms with Gasteiger partial charge in [0, 0.05) is 25.2 Å². The third-order valence-corrected chi connectivity index (χ3v) is 4.60. The topological polar surface area (TPSA) is 86.4 Å². The molecule has 3 aromatic rings. The molecule has 1 aromatic carbocycles. The molecule has 0 saturated carbocycles. The van der Waals surface area contributed by atoms with E-state index in [2.05, 4.69) is 10.3 Å². The summed E-state index contributed by atoms with van der Waals surface area (Å²) in [5, 5.41) is 2.90. The Morgan fingerprint density at radius 2 is 2.07 bits per heavy atom. The monoisotopic (exact) mass is 365 g/mol. The summed E-state index contributed by atoms with van der Waals surface area (Å²) in [6, 6.07) is 5.77. The van der Waals surface area contributed by atoms with Gasteiger partial charge < -0.3 is 19.0 Å². The van der Waals surface area contributed by atoms with Gasteiger partial charge in [-0.3, -0.25) is 9.59 Å². The van der Waals surface area contributed by atoms with Crippen LogP contribution in [0.15, 0.2) is 46.1 Å². The minimum atomic E-state index is -0.0332. The Bertz CT molecular complexity index is 1040. The standard InChI is InChI=1S/C20H19N3O4/c1-12-7-15(10-23(2)20(12)25)14-8-13-3-4-17(24)22-19(13)16(9-14)27-11-18-21-5-6-26-18/h5-10H,3-4,11H2,1-2H3,(H,22,24). The van der Waals surface area contributed by atoms with Gasteiger partial charge in [0.15, 0.2) is 6.61 Å². The highest BCUT2D eigenvalue weighted by Crippen LogP contribution is 2.37. The third kappa shape index (κ3) is 3.36. The van der Waals surface area contributed by atoms with Gasteiger partial charge in [0.2, 0.25) is 11.8 Å². The molecule has 0 radical (unpaired) electrons. The molecular weight excluding hydrogens is 346 g/mol. The Hall–Kier alpha value is -3.35. The van der Waals surface area contributed by atoms with Gasteiger partial charge in [0.1, 0.15) is 12.0 Å². The number of aryl methyl sites for hydroxylation is 3. The van der Waals surface area contributed by atoms with E-state index in [1.54, 1.807) is 30.9 Å². The van der Waals surface area contributed by atoms with Gasteiger partial charge in [-0.05, 0) is 48.2 Å². The first-order chi connectivity index (χ1) is 13.0. The highest BCUT2D eigenvalue weighted by atomic mass is 16.5. The number of nitrogens with one attached hydrogen (secondary N) is 1. The maximum atomic E-state index is 12.0. The van der Waals surface area contributed by atoms with Gasteiger partial charge >= 0.3 is 0 Å². The zero-order valence-corrected chi connectivity index (χ0v) is 15.1. The number of amides is 1. The lowest BCUT2D eigenvalue weighted by atomic mass is 9.96. The molecular formula is C20H19N3O4. The Morgan fingerprint density at radius 1 is 1.22 bits per heavy atom. The zero-order chi connectivity index (χ0) is 19.0. The molecule has 7 nitrogen and oxygen atoms in total. The van der Waals surface area contributed by atoms with Crippen LogP contribution in [-0.2, 0) is 24.9 Å². The van der Waals surface area contributed by atoms with Crippen LogP contribution in [0.2, 0.25) is 0 Å². The first-order valence-electron chi connectivity index (χ1n) is 8.67. The summed E-state index contributed by atoms with van der Waals surface area (Å²) in [5.74, 6) is 0.976. The summed E-state index contributed by atoms with van der Waals surface area (Å²) in [6.07, 6.45) is 5.91. The minimum absolute atomic E-state index is 0.0238. The normalized spacial score (nSPS) is 13.2. The fraction of sp³-hybridized carbons (Fsp3) is 0.250. The number of ether oxygens (including phenoxy) is 1. The van der Waals surface area contributed by atoms with E-state index < -0.39 is 0 Å². The smallest absolute Gasteiger partial charge is 0.253 e. The molecule has 27 heavy (non-hydrogen) atoms. The number of nitrogens with zero attached hydrogens (tertiary/aromatic N) is 2. The predicted molar refractivity (Wildman–Crippen MR) is 99.6 cm³/mol. The number of anilines is 1. The Balaban J connectivity index is 1.78. The van der Waals surface area contributed by atoms with Crippen LogP contribution in [0.3, 0.4) is 0 Å². The maximum Gasteiger partial charge on any atom is 0.253 e. The van der Waals surface area contributed by atoms with E-state index in [0.717, 1.165) is 16.7 Å². The maximum absolute atomic E-state index is 12.0. The lowest BCUT2D eigenvalue weighted by Gasteiger charge is -2.22. The number of benzene rings is 1. The molecule has 0 unspecified atom stereocenters. The van der Waals surface area contributed by atoms with E-state index in [-0.39, 0.29) is 18.1 Å². The highest BCUT2D eigenvalue weighted by molar-refractivity contribution is 5.96. The number of aromatic nitrogens is 2. The van der Waals surface area contributed by atoms with Crippen LogP contribution in [0.4, 0.5) is 5.69 Å². The number of carbonyl (C=O) groups excluding carboxylic acids is 1. The van der Waals surface area contributed by atoms with E-state index in [0.29, 0.717) is 35.7 Å². The highest BCUT2D eigenvalue weighted by Gasteiger charge is 2.21. The van der Waals surface area contributed by atoms with E-state index >= 15 is 0 Å². The molecule has 1 N–H and O–H groups in total. The molecule has 1 amide bonds. The van der Waals surface area contributed by atoms with Gasteiger partial charge in [-0.2, -0.15) is 0 Å². The van der Waals surface area contributed by atoms with Crippen molar-refractivity contribution in [3.8, 4) is 16.9 Å². The molecule has 0 spiro atoms. The molecule has 3 heterocycles. The number of hydrogen-bond donors (Lipinski definition) is 1. The Morgan fingerprint density at radius 3 is 2.81 bits per heavy atom. The number of fused-ring (bicyclic) bond motifs is 1. The zero-order valence-electron chi connectivity index (χ0n) is 15.1. The van der Waals surface area contributed by atoms with Crippen LogP contribution in [0.25, 0.3) is 11.1 Å². The fourth-order valence-electron chi connectivity index (χ4n) is 3.24. The van der Waals surface area contributed by atoms with Gasteiger partial charge in [0.25, 0.3) is 5.56 Å². The predicted octanol–water partition coefficient (Wildman–Crippen LogP) is 2.81. The molecule has 1 aliphatic rings. The molecule has 0 fully saturated rings. The van der Waals surface area contributed by atoms with Crippen molar-refractivity contribution in [3.63, 3.8) is 0 Å². The molecule has 1 aliphatic heterocycles. The molecule has 7 heteroatoms. The summed E-state index contributed by atoms with van der Waals surface area (Å²) >= 11 is 0. The van der Waals surface area contributed by atoms with Crippen molar-refractivity contribution >= 4 is 11.6 Å². The number of pyridine rings is 1. The average Bonchev–Trinajstić information content (AvgIpc) is 3.17. The molecule has 0 atom stereocenters. The summed E-state index contributed by atoms with van der Waals surface area (Å²) in [5.41, 5.74) is 4.16.